The molecule has 1 aliphatic rings. The van der Waals surface area contributed by atoms with E-state index in [1.807, 2.05) is 42.5 Å². The van der Waals surface area contributed by atoms with E-state index in [9.17, 15) is 14.7 Å². The van der Waals surface area contributed by atoms with Crippen LogP contribution in [0.25, 0.3) is 0 Å². The largest absolute Gasteiger partial charge is 0.491 e. The average molecular weight is 417 g/mol. The number of hydrogen-bond acceptors (Lipinski definition) is 5. The van der Waals surface area contributed by atoms with E-state index in [2.05, 4.69) is 12.2 Å². The van der Waals surface area contributed by atoms with Crippen LogP contribution in [0, 0.1) is 0 Å². The van der Waals surface area contributed by atoms with Crippen LogP contribution in [0.5, 0.6) is 5.75 Å². The fourth-order valence-electron chi connectivity index (χ4n) is 3.27. The summed E-state index contributed by atoms with van der Waals surface area (Å²) in [4.78, 5) is 24.5. The highest BCUT2D eigenvalue weighted by molar-refractivity contribution is 6.30. The first-order chi connectivity index (χ1) is 14.0. The first-order valence-corrected chi connectivity index (χ1v) is 10.0. The maximum absolute atomic E-state index is 11.6. The zero-order valence-corrected chi connectivity index (χ0v) is 17.1. The molecule has 0 bridgehead atoms. The van der Waals surface area contributed by atoms with Crippen molar-refractivity contribution in [3.8, 4) is 5.75 Å². The second-order valence-electron chi connectivity index (χ2n) is 7.04. The normalized spacial score (nSPS) is 15.1. The van der Waals surface area contributed by atoms with E-state index in [1.54, 1.807) is 0 Å². The van der Waals surface area contributed by atoms with E-state index >= 15 is 0 Å². The Morgan fingerprint density at radius 1 is 1.14 bits per heavy atom. The maximum Gasteiger partial charge on any atom is 0.229 e. The molecule has 0 aromatic heterocycles. The van der Waals surface area contributed by atoms with E-state index in [-0.39, 0.29) is 50.5 Å². The van der Waals surface area contributed by atoms with Gasteiger partial charge >= 0.3 is 0 Å². The summed E-state index contributed by atoms with van der Waals surface area (Å²) in [7, 11) is 0. The second kappa shape index (κ2) is 9.87. The Balaban J connectivity index is 1.54. The lowest BCUT2D eigenvalue weighted by Crippen LogP contribution is -2.33. The molecule has 0 unspecified atom stereocenters. The van der Waals surface area contributed by atoms with Gasteiger partial charge in [-0.1, -0.05) is 29.8 Å². The monoisotopic (exact) mass is 416 g/mol. The number of aliphatic hydroxyl groups is 1. The fraction of sp³-hybridized carbons (Fsp3) is 0.364. The van der Waals surface area contributed by atoms with Gasteiger partial charge in [0.25, 0.3) is 0 Å². The van der Waals surface area contributed by atoms with Crippen molar-refractivity contribution < 1.29 is 19.4 Å². The van der Waals surface area contributed by atoms with Crippen molar-refractivity contribution in [1.29, 1.82) is 0 Å². The minimum absolute atomic E-state index is 0.149. The summed E-state index contributed by atoms with van der Waals surface area (Å²) in [6.07, 6.45) is 0.549. The van der Waals surface area contributed by atoms with E-state index < -0.39 is 0 Å². The number of nitrogens with one attached hydrogen (secondary N) is 1. The molecular weight excluding hydrogens is 392 g/mol. The molecule has 1 heterocycles. The average Bonchev–Trinajstić information content (AvgIpc) is 3.05. The third kappa shape index (κ3) is 5.56. The Morgan fingerprint density at radius 2 is 1.83 bits per heavy atom. The quantitative estimate of drug-likeness (QED) is 0.614. The molecule has 1 atom stereocenters. The molecule has 0 radical (unpaired) electrons. The molecule has 0 saturated carbocycles. The lowest BCUT2D eigenvalue weighted by Gasteiger charge is -2.17. The van der Waals surface area contributed by atoms with Gasteiger partial charge in [-0.25, -0.2) is 0 Å². The Bertz CT molecular complexity index is 854. The van der Waals surface area contributed by atoms with Crippen LogP contribution < -0.4 is 10.1 Å². The number of ether oxygens (including phenoxy) is 1. The second-order valence-corrected chi connectivity index (χ2v) is 7.48. The Hall–Kier alpha value is -2.41. The molecule has 6 nitrogen and oxygen atoms in total. The van der Waals surface area contributed by atoms with Crippen molar-refractivity contribution in [2.45, 2.75) is 39.0 Å². The summed E-state index contributed by atoms with van der Waals surface area (Å²) in [5, 5.41) is 13.8. The highest BCUT2D eigenvalue weighted by Gasteiger charge is 2.28. The molecule has 7 heteroatoms. The first kappa shape index (κ1) is 21.3. The van der Waals surface area contributed by atoms with Crippen LogP contribution in [0.4, 0.5) is 0 Å². The highest BCUT2D eigenvalue weighted by Crippen LogP contribution is 2.22. The van der Waals surface area contributed by atoms with Crippen molar-refractivity contribution in [3.63, 3.8) is 0 Å². The van der Waals surface area contributed by atoms with E-state index in [0.29, 0.717) is 22.9 Å². The molecule has 1 aliphatic heterocycles. The minimum atomic E-state index is -0.155. The number of rotatable bonds is 9. The van der Waals surface area contributed by atoms with Crippen LogP contribution in [0.2, 0.25) is 5.02 Å². The number of amides is 2. The van der Waals surface area contributed by atoms with Crippen LogP contribution in [0.15, 0.2) is 42.5 Å². The fourth-order valence-corrected chi connectivity index (χ4v) is 3.39. The summed E-state index contributed by atoms with van der Waals surface area (Å²) in [5.74, 6) is 0.246. The van der Waals surface area contributed by atoms with Gasteiger partial charge in [-0.15, -0.1) is 0 Å². The molecule has 2 aromatic rings. The highest BCUT2D eigenvalue weighted by atomic mass is 35.5. The SMILES string of the molecule is C[C@H](NCc1ccc(OCCN2C(=O)CCC2=O)c(CO)c1)c1ccc(Cl)cc1. The maximum atomic E-state index is 11.6. The lowest BCUT2D eigenvalue weighted by molar-refractivity contribution is -0.138. The van der Waals surface area contributed by atoms with Gasteiger partial charge in [0.1, 0.15) is 12.4 Å². The van der Waals surface area contributed by atoms with Crippen molar-refractivity contribution >= 4 is 23.4 Å². The van der Waals surface area contributed by atoms with Gasteiger partial charge in [-0.05, 0) is 42.3 Å². The number of carbonyl (C=O) groups is 2. The number of carbonyl (C=O) groups excluding carboxylic acids is 2. The predicted molar refractivity (Wildman–Crippen MR) is 111 cm³/mol. The molecular formula is C22H25ClN2O4. The first-order valence-electron chi connectivity index (χ1n) is 9.65. The van der Waals surface area contributed by atoms with E-state index in [0.717, 1.165) is 11.1 Å². The summed E-state index contributed by atoms with van der Waals surface area (Å²) in [5.41, 5.74) is 2.83. The number of aliphatic hydroxyl groups excluding tert-OH is 1. The van der Waals surface area contributed by atoms with Gasteiger partial charge in [0.2, 0.25) is 11.8 Å². The summed E-state index contributed by atoms with van der Waals surface area (Å²) < 4.78 is 5.71. The zero-order valence-electron chi connectivity index (χ0n) is 16.4. The van der Waals surface area contributed by atoms with Crippen LogP contribution in [0.1, 0.15) is 42.5 Å². The number of hydrogen-bond donors (Lipinski definition) is 2. The topological polar surface area (TPSA) is 78.9 Å². The van der Waals surface area contributed by atoms with Crippen LogP contribution in [0.3, 0.4) is 0 Å². The molecule has 0 spiro atoms. The molecule has 1 saturated heterocycles. The molecule has 2 N–H and O–H groups in total. The smallest absolute Gasteiger partial charge is 0.229 e. The molecule has 2 aromatic carbocycles. The van der Waals surface area contributed by atoms with Crippen molar-refractivity contribution in [2.75, 3.05) is 13.2 Å². The Labute approximate surface area is 175 Å². The molecule has 1 fully saturated rings. The minimum Gasteiger partial charge on any atom is -0.491 e. The van der Waals surface area contributed by atoms with Crippen LogP contribution in [-0.2, 0) is 22.7 Å². The van der Waals surface area contributed by atoms with Crippen LogP contribution in [-0.4, -0.2) is 35.0 Å². The zero-order chi connectivity index (χ0) is 20.8. The number of halogens is 1. The summed E-state index contributed by atoms with van der Waals surface area (Å²) >= 11 is 5.93. The molecule has 0 aliphatic carbocycles. The van der Waals surface area contributed by atoms with Crippen molar-refractivity contribution in [2.24, 2.45) is 0 Å². The van der Waals surface area contributed by atoms with Crippen LogP contribution >= 0.6 is 11.6 Å². The van der Waals surface area contributed by atoms with Crippen molar-refractivity contribution in [1.82, 2.24) is 10.2 Å². The van der Waals surface area contributed by atoms with Gasteiger partial charge in [-0.2, -0.15) is 0 Å². The van der Waals surface area contributed by atoms with E-state index in [4.69, 9.17) is 16.3 Å². The Kier molecular flexibility index (Phi) is 7.25. The number of imide groups is 1. The number of nitrogens with zero attached hydrogens (tertiary/aromatic N) is 1. The summed E-state index contributed by atoms with van der Waals surface area (Å²) in [6, 6.07) is 13.5. The molecule has 2 amide bonds. The predicted octanol–water partition coefficient (Wildman–Crippen LogP) is 3.21. The van der Waals surface area contributed by atoms with Gasteiger partial charge in [0.05, 0.1) is 13.2 Å². The van der Waals surface area contributed by atoms with Gasteiger partial charge < -0.3 is 15.2 Å². The number of benzene rings is 2. The Morgan fingerprint density at radius 3 is 2.48 bits per heavy atom. The standard InChI is InChI=1S/C22H25ClN2O4/c1-15(17-3-5-19(23)6-4-17)24-13-16-2-7-20(18(12-16)14-26)29-11-10-25-21(27)8-9-22(25)28/h2-7,12,15,24,26H,8-11,13-14H2,1H3/t15-/m0/s1. The molecule has 154 valence electrons. The van der Waals surface area contributed by atoms with Gasteiger partial charge in [0.15, 0.2) is 0 Å². The van der Waals surface area contributed by atoms with E-state index in [1.165, 1.54) is 4.90 Å². The summed E-state index contributed by atoms with van der Waals surface area (Å²) in [6.45, 7) is 2.99. The molecule has 29 heavy (non-hydrogen) atoms. The molecule has 3 rings (SSSR count). The van der Waals surface area contributed by atoms with Gasteiger partial charge in [-0.3, -0.25) is 14.5 Å². The van der Waals surface area contributed by atoms with Gasteiger partial charge in [0, 0.05) is 36.0 Å². The third-order valence-electron chi connectivity index (χ3n) is 5.00. The van der Waals surface area contributed by atoms with Crippen molar-refractivity contribution in [3.05, 3.63) is 64.2 Å². The number of likely N-dealkylation sites (tertiary alicyclic amines) is 1. The third-order valence-corrected chi connectivity index (χ3v) is 5.26. The lowest BCUT2D eigenvalue weighted by atomic mass is 10.1.